The fourth-order valence-electron chi connectivity index (χ4n) is 2.39. The van der Waals surface area contributed by atoms with E-state index in [2.05, 4.69) is 29.4 Å². The van der Waals surface area contributed by atoms with Crippen LogP contribution in [0.15, 0.2) is 33.5 Å². The van der Waals surface area contributed by atoms with Gasteiger partial charge < -0.3 is 4.74 Å². The topological polar surface area (TPSA) is 101 Å². The van der Waals surface area contributed by atoms with E-state index in [1.165, 1.54) is 39.9 Å². The summed E-state index contributed by atoms with van der Waals surface area (Å²) in [6, 6.07) is 5.88. The van der Waals surface area contributed by atoms with Gasteiger partial charge in [-0.15, -0.1) is 10.2 Å². The molecule has 8 nitrogen and oxygen atoms in total. The fraction of sp³-hybridized carbons (Fsp3) is 0.438. The van der Waals surface area contributed by atoms with E-state index in [9.17, 15) is 13.2 Å². The molecule has 0 unspecified atom stereocenters. The number of hydrogen-bond acceptors (Lipinski definition) is 8. The first kappa shape index (κ1) is 20.2. The van der Waals surface area contributed by atoms with Crippen molar-refractivity contribution in [2.45, 2.75) is 28.3 Å². The summed E-state index contributed by atoms with van der Waals surface area (Å²) in [6.07, 6.45) is 0. The van der Waals surface area contributed by atoms with Crippen LogP contribution in [0, 0.1) is 0 Å². The molecular formula is C16H20N4O4S3. The maximum atomic E-state index is 12.6. The Hall–Kier alpha value is -1.53. The number of amides is 1. The number of carbonyl (C=O) groups is 1. The van der Waals surface area contributed by atoms with E-state index in [1.54, 1.807) is 11.8 Å². The van der Waals surface area contributed by atoms with Crippen LogP contribution in [0.1, 0.15) is 24.2 Å². The number of thioether (sulfide) groups is 1. The van der Waals surface area contributed by atoms with Crippen LogP contribution < -0.4 is 5.32 Å². The zero-order valence-electron chi connectivity index (χ0n) is 14.9. The molecule has 1 aromatic carbocycles. The van der Waals surface area contributed by atoms with Gasteiger partial charge in [0.15, 0.2) is 4.34 Å². The molecule has 2 heterocycles. The Kier molecular flexibility index (Phi) is 6.48. The van der Waals surface area contributed by atoms with E-state index in [4.69, 9.17) is 4.74 Å². The Labute approximate surface area is 166 Å². The van der Waals surface area contributed by atoms with Gasteiger partial charge in [0.2, 0.25) is 15.2 Å². The minimum atomic E-state index is -3.57. The van der Waals surface area contributed by atoms with Gasteiger partial charge in [-0.05, 0) is 24.3 Å². The first-order valence-electron chi connectivity index (χ1n) is 8.36. The van der Waals surface area contributed by atoms with E-state index >= 15 is 0 Å². The molecule has 1 fully saturated rings. The molecule has 0 bridgehead atoms. The predicted octanol–water partition coefficient (Wildman–Crippen LogP) is 2.31. The molecule has 0 saturated carbocycles. The molecule has 1 amide bonds. The number of sulfonamides is 1. The molecular weight excluding hydrogens is 408 g/mol. The van der Waals surface area contributed by atoms with E-state index in [0.717, 1.165) is 4.34 Å². The Morgan fingerprint density at radius 3 is 2.52 bits per heavy atom. The van der Waals surface area contributed by atoms with Crippen LogP contribution in [0.2, 0.25) is 0 Å². The molecule has 0 atom stereocenters. The molecule has 0 aliphatic carbocycles. The standard InChI is InChI=1S/C16H20N4O4S3/c1-11(2)25-16-19-18-15(26-16)17-14(21)12-3-5-13(6-4-12)27(22,23)20-7-9-24-10-8-20/h3-6,11H,7-10H2,1-2H3,(H,17,18,21). The molecule has 146 valence electrons. The van der Waals surface area contributed by atoms with Crippen LogP contribution in [-0.2, 0) is 14.8 Å². The van der Waals surface area contributed by atoms with Gasteiger partial charge in [-0.3, -0.25) is 10.1 Å². The summed E-state index contributed by atoms with van der Waals surface area (Å²) in [7, 11) is -3.57. The molecule has 1 aliphatic heterocycles. The van der Waals surface area contributed by atoms with Gasteiger partial charge in [0.25, 0.3) is 5.91 Å². The number of carbonyl (C=O) groups excluding carboxylic acids is 1. The summed E-state index contributed by atoms with van der Waals surface area (Å²) in [4.78, 5) is 12.5. The molecule has 3 rings (SSSR count). The minimum absolute atomic E-state index is 0.160. The van der Waals surface area contributed by atoms with Crippen LogP contribution in [0.4, 0.5) is 5.13 Å². The van der Waals surface area contributed by atoms with Crippen molar-refractivity contribution >= 4 is 44.2 Å². The monoisotopic (exact) mass is 428 g/mol. The molecule has 1 N–H and O–H groups in total. The number of anilines is 1. The number of morpholine rings is 1. The summed E-state index contributed by atoms with van der Waals surface area (Å²) in [5.41, 5.74) is 0.351. The molecule has 1 saturated heterocycles. The molecule has 0 spiro atoms. The van der Waals surface area contributed by atoms with Gasteiger partial charge in [-0.1, -0.05) is 36.9 Å². The van der Waals surface area contributed by atoms with Crippen molar-refractivity contribution in [2.75, 3.05) is 31.6 Å². The van der Waals surface area contributed by atoms with E-state index < -0.39 is 10.0 Å². The zero-order chi connectivity index (χ0) is 19.4. The first-order valence-corrected chi connectivity index (χ1v) is 11.5. The predicted molar refractivity (Wildman–Crippen MR) is 105 cm³/mol. The van der Waals surface area contributed by atoms with Crippen molar-refractivity contribution in [3.05, 3.63) is 29.8 Å². The highest BCUT2D eigenvalue weighted by atomic mass is 32.2. The van der Waals surface area contributed by atoms with Crippen LogP contribution in [0.3, 0.4) is 0 Å². The number of aromatic nitrogens is 2. The number of nitrogens with zero attached hydrogens (tertiary/aromatic N) is 3. The van der Waals surface area contributed by atoms with Crippen molar-refractivity contribution in [2.24, 2.45) is 0 Å². The van der Waals surface area contributed by atoms with Crippen molar-refractivity contribution in [3.63, 3.8) is 0 Å². The average molecular weight is 429 g/mol. The summed E-state index contributed by atoms with van der Waals surface area (Å²) >= 11 is 2.88. The van der Waals surface area contributed by atoms with Gasteiger partial charge in [-0.2, -0.15) is 4.31 Å². The summed E-state index contributed by atoms with van der Waals surface area (Å²) < 4.78 is 32.6. The van der Waals surface area contributed by atoms with Gasteiger partial charge in [0.05, 0.1) is 18.1 Å². The van der Waals surface area contributed by atoms with Gasteiger partial charge in [0, 0.05) is 23.9 Å². The maximum Gasteiger partial charge on any atom is 0.257 e. The number of rotatable bonds is 6. The van der Waals surface area contributed by atoms with Crippen molar-refractivity contribution in [3.8, 4) is 0 Å². The Balaban J connectivity index is 1.67. The quantitative estimate of drug-likeness (QED) is 0.556. The SMILES string of the molecule is CC(C)Sc1nnc(NC(=O)c2ccc(S(=O)(=O)N3CCOCC3)cc2)s1. The second-order valence-electron chi connectivity index (χ2n) is 6.03. The Bertz CT molecular complexity index is 891. The van der Waals surface area contributed by atoms with Gasteiger partial charge in [0.1, 0.15) is 0 Å². The second-order valence-corrected chi connectivity index (χ2v) is 10.8. The van der Waals surface area contributed by atoms with Crippen LogP contribution in [0.5, 0.6) is 0 Å². The Morgan fingerprint density at radius 1 is 1.22 bits per heavy atom. The lowest BCUT2D eigenvalue weighted by Gasteiger charge is -2.26. The second kappa shape index (κ2) is 8.65. The first-order chi connectivity index (χ1) is 12.9. The lowest BCUT2D eigenvalue weighted by Crippen LogP contribution is -2.40. The van der Waals surface area contributed by atoms with Crippen LogP contribution >= 0.6 is 23.1 Å². The van der Waals surface area contributed by atoms with Crippen LogP contribution in [0.25, 0.3) is 0 Å². The van der Waals surface area contributed by atoms with Crippen molar-refractivity contribution in [1.82, 2.24) is 14.5 Å². The highest BCUT2D eigenvalue weighted by Crippen LogP contribution is 2.28. The summed E-state index contributed by atoms with van der Waals surface area (Å²) in [6.45, 7) is 5.54. The average Bonchev–Trinajstić information content (AvgIpc) is 3.08. The van der Waals surface area contributed by atoms with Crippen molar-refractivity contribution in [1.29, 1.82) is 0 Å². The third-order valence-electron chi connectivity index (χ3n) is 3.69. The van der Waals surface area contributed by atoms with Gasteiger partial charge >= 0.3 is 0 Å². The number of benzene rings is 1. The van der Waals surface area contributed by atoms with Gasteiger partial charge in [-0.25, -0.2) is 8.42 Å². The number of ether oxygens (including phenoxy) is 1. The summed E-state index contributed by atoms with van der Waals surface area (Å²) in [5, 5.41) is 11.5. The largest absolute Gasteiger partial charge is 0.379 e. The normalized spacial score (nSPS) is 15.8. The number of hydrogen-bond donors (Lipinski definition) is 1. The Morgan fingerprint density at radius 2 is 1.89 bits per heavy atom. The lowest BCUT2D eigenvalue weighted by molar-refractivity contribution is 0.0730. The molecule has 0 radical (unpaired) electrons. The number of nitrogens with one attached hydrogen (secondary N) is 1. The summed E-state index contributed by atoms with van der Waals surface area (Å²) in [5.74, 6) is -0.359. The van der Waals surface area contributed by atoms with E-state index in [1.807, 2.05) is 0 Å². The molecule has 27 heavy (non-hydrogen) atoms. The third kappa shape index (κ3) is 5.05. The molecule has 1 aliphatic rings. The highest BCUT2D eigenvalue weighted by Gasteiger charge is 2.26. The minimum Gasteiger partial charge on any atom is -0.379 e. The molecule has 1 aromatic heterocycles. The highest BCUT2D eigenvalue weighted by molar-refractivity contribution is 8.01. The van der Waals surface area contributed by atoms with Crippen molar-refractivity contribution < 1.29 is 17.9 Å². The third-order valence-corrected chi connectivity index (χ3v) is 7.53. The van der Waals surface area contributed by atoms with Crippen LogP contribution in [-0.4, -0.2) is 60.4 Å². The fourth-order valence-corrected chi connectivity index (χ4v) is 5.77. The smallest absolute Gasteiger partial charge is 0.257 e. The molecule has 11 heteroatoms. The lowest BCUT2D eigenvalue weighted by atomic mass is 10.2. The molecule has 2 aromatic rings. The van der Waals surface area contributed by atoms with E-state index in [0.29, 0.717) is 42.2 Å². The maximum absolute atomic E-state index is 12.6. The van der Waals surface area contributed by atoms with E-state index in [-0.39, 0.29) is 10.8 Å². The zero-order valence-corrected chi connectivity index (χ0v) is 17.4.